The Hall–Kier alpha value is -2.04. The molecule has 1 unspecified atom stereocenters. The summed E-state index contributed by atoms with van der Waals surface area (Å²) in [6.07, 6.45) is 4.07. The summed E-state index contributed by atoms with van der Waals surface area (Å²) in [5.41, 5.74) is 0.136. The summed E-state index contributed by atoms with van der Waals surface area (Å²) in [5.74, 6) is 0.299. The number of halogens is 1. The van der Waals surface area contributed by atoms with Gasteiger partial charge in [-0.2, -0.15) is 0 Å². The van der Waals surface area contributed by atoms with Gasteiger partial charge in [-0.25, -0.2) is 0 Å². The van der Waals surface area contributed by atoms with E-state index < -0.39 is 11.8 Å². The highest BCUT2D eigenvalue weighted by molar-refractivity contribution is 6.32. The molecule has 1 atom stereocenters. The molecule has 130 valence electrons. The van der Waals surface area contributed by atoms with Crippen LogP contribution < -0.4 is 4.84 Å². The van der Waals surface area contributed by atoms with Gasteiger partial charge in [-0.05, 0) is 43.4 Å². The van der Waals surface area contributed by atoms with Crippen molar-refractivity contribution in [2.75, 3.05) is 0 Å². The molecule has 1 saturated carbocycles. The van der Waals surface area contributed by atoms with E-state index in [-0.39, 0.29) is 5.91 Å². The summed E-state index contributed by atoms with van der Waals surface area (Å²) in [6, 6.07) is 16.8. The maximum absolute atomic E-state index is 13.1. The molecular formula is C20H20ClNO3. The van der Waals surface area contributed by atoms with Gasteiger partial charge in [0.15, 0.2) is 17.6 Å². The van der Waals surface area contributed by atoms with Gasteiger partial charge in [-0.3, -0.25) is 4.79 Å². The Bertz CT molecular complexity index is 759. The van der Waals surface area contributed by atoms with Crippen molar-refractivity contribution < 1.29 is 14.4 Å². The van der Waals surface area contributed by atoms with E-state index in [0.29, 0.717) is 10.8 Å². The molecule has 1 saturated heterocycles. The molecule has 1 aliphatic carbocycles. The molecule has 0 bridgehead atoms. The maximum atomic E-state index is 13.1. The number of amides is 1. The first-order chi connectivity index (χ1) is 12.2. The molecule has 2 aliphatic rings. The molecule has 1 amide bonds. The molecule has 1 aliphatic heterocycles. The van der Waals surface area contributed by atoms with Crippen LogP contribution >= 0.6 is 11.6 Å². The standard InChI is InChI=1S/C20H20ClNO3/c21-16-11-5-6-12-17(16)25-22-19(23)18(15-9-3-1-4-10-15)24-20(22)13-7-2-8-14-20/h1,3-6,9-12,18H,2,7-8,13-14H2. The monoisotopic (exact) mass is 357 g/mol. The first-order valence-electron chi connectivity index (χ1n) is 8.69. The number of nitrogens with zero attached hydrogens (tertiary/aromatic N) is 1. The highest BCUT2D eigenvalue weighted by Gasteiger charge is 2.55. The number of para-hydroxylation sites is 1. The normalized spacial score (nSPS) is 22.4. The SMILES string of the molecule is O=C1C(c2ccccc2)OC2(CCCCC2)N1Oc1ccccc1Cl. The summed E-state index contributed by atoms with van der Waals surface area (Å²) >= 11 is 6.23. The molecule has 25 heavy (non-hydrogen) atoms. The average Bonchev–Trinajstić information content (AvgIpc) is 2.91. The van der Waals surface area contributed by atoms with Crippen LogP contribution in [0.15, 0.2) is 54.6 Å². The van der Waals surface area contributed by atoms with Gasteiger partial charge < -0.3 is 9.57 Å². The first-order valence-corrected chi connectivity index (χ1v) is 9.07. The van der Waals surface area contributed by atoms with Gasteiger partial charge in [-0.1, -0.05) is 60.5 Å². The van der Waals surface area contributed by atoms with Crippen molar-refractivity contribution in [3.8, 4) is 5.75 Å². The quantitative estimate of drug-likeness (QED) is 0.784. The lowest BCUT2D eigenvalue weighted by Gasteiger charge is -2.38. The fourth-order valence-corrected chi connectivity index (χ4v) is 3.80. The highest BCUT2D eigenvalue weighted by Crippen LogP contribution is 2.46. The minimum absolute atomic E-state index is 0.173. The van der Waals surface area contributed by atoms with Crippen LogP contribution in [-0.4, -0.2) is 16.7 Å². The molecule has 0 aromatic heterocycles. The Kier molecular flexibility index (Phi) is 4.40. The van der Waals surface area contributed by atoms with Crippen LogP contribution in [0.25, 0.3) is 0 Å². The fraction of sp³-hybridized carbons (Fsp3) is 0.350. The van der Waals surface area contributed by atoms with Crippen LogP contribution in [0.3, 0.4) is 0 Å². The summed E-state index contributed by atoms with van der Waals surface area (Å²) < 4.78 is 6.32. The van der Waals surface area contributed by atoms with Crippen molar-refractivity contribution in [1.29, 1.82) is 0 Å². The van der Waals surface area contributed by atoms with Crippen molar-refractivity contribution >= 4 is 17.5 Å². The van der Waals surface area contributed by atoms with Crippen LogP contribution in [0.2, 0.25) is 5.02 Å². The second-order valence-electron chi connectivity index (χ2n) is 6.57. The van der Waals surface area contributed by atoms with Crippen molar-refractivity contribution in [3.63, 3.8) is 0 Å². The van der Waals surface area contributed by atoms with Crippen LogP contribution in [-0.2, 0) is 9.53 Å². The third kappa shape index (κ3) is 3.00. The molecule has 4 rings (SSSR count). The zero-order valence-corrected chi connectivity index (χ0v) is 14.6. The van der Waals surface area contributed by atoms with Crippen LogP contribution in [0.4, 0.5) is 0 Å². The van der Waals surface area contributed by atoms with Crippen LogP contribution in [0.5, 0.6) is 5.75 Å². The number of rotatable bonds is 3. The lowest BCUT2D eigenvalue weighted by molar-refractivity contribution is -0.222. The van der Waals surface area contributed by atoms with Gasteiger partial charge in [-0.15, -0.1) is 5.06 Å². The number of hydrogen-bond donors (Lipinski definition) is 0. The Morgan fingerprint density at radius 3 is 2.40 bits per heavy atom. The minimum Gasteiger partial charge on any atom is -0.372 e. The predicted molar refractivity (Wildman–Crippen MR) is 95.0 cm³/mol. The number of carbonyl (C=O) groups is 1. The molecule has 1 spiro atoms. The second-order valence-corrected chi connectivity index (χ2v) is 6.98. The number of hydroxylamine groups is 2. The molecule has 5 heteroatoms. The maximum Gasteiger partial charge on any atom is 0.291 e. The van der Waals surface area contributed by atoms with Crippen LogP contribution in [0.1, 0.15) is 43.8 Å². The van der Waals surface area contributed by atoms with E-state index >= 15 is 0 Å². The van der Waals surface area contributed by atoms with Gasteiger partial charge in [0, 0.05) is 0 Å². The van der Waals surface area contributed by atoms with E-state index in [9.17, 15) is 4.79 Å². The fourth-order valence-electron chi connectivity index (χ4n) is 3.63. The highest BCUT2D eigenvalue weighted by atomic mass is 35.5. The van der Waals surface area contributed by atoms with E-state index in [1.165, 1.54) is 5.06 Å². The van der Waals surface area contributed by atoms with E-state index in [4.69, 9.17) is 21.2 Å². The topological polar surface area (TPSA) is 38.8 Å². The molecule has 0 N–H and O–H groups in total. The summed E-state index contributed by atoms with van der Waals surface area (Å²) in [7, 11) is 0. The minimum atomic E-state index is -0.713. The Balaban J connectivity index is 1.69. The Morgan fingerprint density at radius 1 is 1.00 bits per heavy atom. The molecule has 4 nitrogen and oxygen atoms in total. The number of ether oxygens (including phenoxy) is 1. The number of carbonyl (C=O) groups excluding carboxylic acids is 1. The predicted octanol–water partition coefficient (Wildman–Crippen LogP) is 4.89. The zero-order valence-electron chi connectivity index (χ0n) is 13.9. The second kappa shape index (κ2) is 6.70. The summed E-state index contributed by atoms with van der Waals surface area (Å²) in [5, 5.41) is 1.91. The third-order valence-electron chi connectivity index (χ3n) is 4.90. The van der Waals surface area contributed by atoms with Crippen molar-refractivity contribution in [2.45, 2.75) is 43.9 Å². The third-order valence-corrected chi connectivity index (χ3v) is 5.21. The van der Waals surface area contributed by atoms with Gasteiger partial charge >= 0.3 is 0 Å². The molecule has 2 aromatic rings. The molecule has 0 radical (unpaired) electrons. The van der Waals surface area contributed by atoms with Gasteiger partial charge in [0.1, 0.15) is 0 Å². The largest absolute Gasteiger partial charge is 0.372 e. The van der Waals surface area contributed by atoms with Gasteiger partial charge in [0.05, 0.1) is 5.02 Å². The number of hydrogen-bond acceptors (Lipinski definition) is 3. The lowest BCUT2D eigenvalue weighted by Crippen LogP contribution is -2.49. The molecule has 1 heterocycles. The molecular weight excluding hydrogens is 338 g/mol. The van der Waals surface area contributed by atoms with Crippen LogP contribution in [0, 0.1) is 0 Å². The van der Waals surface area contributed by atoms with Crippen molar-refractivity contribution in [3.05, 3.63) is 65.2 Å². The Labute approximate surface area is 152 Å². The molecule has 2 aromatic carbocycles. The van der Waals surface area contributed by atoms with E-state index in [1.54, 1.807) is 12.1 Å². The smallest absolute Gasteiger partial charge is 0.291 e. The summed E-state index contributed by atoms with van der Waals surface area (Å²) in [6.45, 7) is 0. The lowest BCUT2D eigenvalue weighted by atomic mass is 9.92. The molecule has 2 fully saturated rings. The van der Waals surface area contributed by atoms with Crippen molar-refractivity contribution in [1.82, 2.24) is 5.06 Å². The van der Waals surface area contributed by atoms with E-state index in [0.717, 1.165) is 37.7 Å². The zero-order chi connectivity index (χ0) is 17.3. The van der Waals surface area contributed by atoms with E-state index in [1.807, 2.05) is 42.5 Å². The Morgan fingerprint density at radius 2 is 1.68 bits per heavy atom. The first kappa shape index (κ1) is 16.4. The van der Waals surface area contributed by atoms with Gasteiger partial charge in [0.2, 0.25) is 0 Å². The summed E-state index contributed by atoms with van der Waals surface area (Å²) in [4.78, 5) is 19.1. The van der Waals surface area contributed by atoms with Gasteiger partial charge in [0.25, 0.3) is 5.91 Å². The van der Waals surface area contributed by atoms with Crippen molar-refractivity contribution in [2.24, 2.45) is 0 Å². The van der Waals surface area contributed by atoms with E-state index in [2.05, 4.69) is 0 Å². The average molecular weight is 358 g/mol. The number of benzene rings is 2.